The van der Waals surface area contributed by atoms with Crippen molar-refractivity contribution in [3.63, 3.8) is 0 Å². The Kier molecular flexibility index (Phi) is 3.29. The van der Waals surface area contributed by atoms with Crippen LogP contribution in [0.4, 0.5) is 0 Å². The van der Waals surface area contributed by atoms with Gasteiger partial charge in [-0.25, -0.2) is 13.9 Å². The van der Waals surface area contributed by atoms with E-state index in [-0.39, 0.29) is 23.2 Å². The van der Waals surface area contributed by atoms with E-state index in [9.17, 15) is 13.2 Å². The van der Waals surface area contributed by atoms with Gasteiger partial charge in [-0.05, 0) is 25.3 Å². The minimum Gasteiger partial charge on any atom is -0.277 e. The van der Waals surface area contributed by atoms with Crippen LogP contribution in [-0.2, 0) is 14.7 Å². The van der Waals surface area contributed by atoms with Crippen molar-refractivity contribution in [3.8, 4) is 0 Å². The van der Waals surface area contributed by atoms with E-state index in [4.69, 9.17) is 0 Å². The Balaban J connectivity index is 1.91. The minimum atomic E-state index is -2.97. The Morgan fingerprint density at radius 3 is 2.75 bits per heavy atom. The Morgan fingerprint density at radius 2 is 2.20 bits per heavy atom. The highest BCUT2D eigenvalue weighted by Crippen LogP contribution is 2.42. The van der Waals surface area contributed by atoms with Crippen molar-refractivity contribution in [2.75, 3.05) is 18.6 Å². The van der Waals surface area contributed by atoms with Crippen LogP contribution >= 0.6 is 0 Å². The zero-order valence-corrected chi connectivity index (χ0v) is 12.0. The highest BCUT2D eigenvalue weighted by molar-refractivity contribution is 7.91. The number of carbonyl (C=O) groups is 1. The van der Waals surface area contributed by atoms with E-state index < -0.39 is 15.7 Å². The number of hydrogen-bond acceptors (Lipinski definition) is 5. The number of sulfone groups is 1. The van der Waals surface area contributed by atoms with E-state index in [2.05, 4.69) is 15.4 Å². The molecule has 0 radical (unpaired) electrons. The number of rotatable bonds is 4. The van der Waals surface area contributed by atoms with E-state index in [1.54, 1.807) is 10.7 Å². The fourth-order valence-corrected chi connectivity index (χ4v) is 4.30. The summed E-state index contributed by atoms with van der Waals surface area (Å²) in [6, 6.07) is 1.59. The molecule has 1 N–H and O–H groups in total. The number of amides is 1. The first kappa shape index (κ1) is 13.6. The molecule has 1 aromatic rings. The molecule has 0 bridgehead atoms. The summed E-state index contributed by atoms with van der Waals surface area (Å²) in [6.07, 6.45) is 2.70. The van der Waals surface area contributed by atoms with Gasteiger partial charge in [0.05, 0.1) is 24.7 Å². The second-order valence-electron chi connectivity index (χ2n) is 5.37. The third kappa shape index (κ3) is 2.57. The summed E-state index contributed by atoms with van der Waals surface area (Å²) in [4.78, 5) is 16.4. The van der Waals surface area contributed by atoms with Crippen LogP contribution in [0.2, 0.25) is 0 Å². The highest BCUT2D eigenvalue weighted by atomic mass is 32.2. The number of aromatic nitrogens is 2. The predicted molar refractivity (Wildman–Crippen MR) is 71.0 cm³/mol. The van der Waals surface area contributed by atoms with Crippen LogP contribution in [0.25, 0.3) is 0 Å². The van der Waals surface area contributed by atoms with Gasteiger partial charge in [-0.1, -0.05) is 0 Å². The van der Waals surface area contributed by atoms with Gasteiger partial charge in [0.25, 0.3) is 5.91 Å². The first-order valence-corrected chi connectivity index (χ1v) is 8.45. The molecule has 1 atom stereocenters. The predicted octanol–water partition coefficient (Wildman–Crippen LogP) is 0.411. The van der Waals surface area contributed by atoms with Gasteiger partial charge in [0.2, 0.25) is 0 Å². The summed E-state index contributed by atoms with van der Waals surface area (Å²) in [6.45, 7) is 0. The van der Waals surface area contributed by atoms with Crippen LogP contribution in [0.5, 0.6) is 0 Å². The van der Waals surface area contributed by atoms with E-state index in [0.29, 0.717) is 12.3 Å². The zero-order valence-electron chi connectivity index (χ0n) is 11.2. The van der Waals surface area contributed by atoms with Crippen molar-refractivity contribution in [2.45, 2.75) is 31.2 Å². The lowest BCUT2D eigenvalue weighted by atomic mass is 10.2. The molecule has 1 aliphatic carbocycles. The number of hydroxylamine groups is 1. The molecule has 1 unspecified atom stereocenters. The second-order valence-corrected chi connectivity index (χ2v) is 7.59. The molecule has 2 heterocycles. The SMILES string of the molecule is CONC(=O)c1cc(C2CC2)n(C2CCS(=O)(=O)C2)n1. The fourth-order valence-electron chi connectivity index (χ4n) is 2.61. The maximum Gasteiger partial charge on any atom is 0.295 e. The second kappa shape index (κ2) is 4.85. The van der Waals surface area contributed by atoms with Crippen LogP contribution in [0, 0.1) is 0 Å². The van der Waals surface area contributed by atoms with Crippen molar-refractivity contribution < 1.29 is 18.0 Å². The van der Waals surface area contributed by atoms with E-state index in [1.807, 2.05) is 0 Å². The van der Waals surface area contributed by atoms with Crippen molar-refractivity contribution >= 4 is 15.7 Å². The van der Waals surface area contributed by atoms with Crippen LogP contribution in [0.15, 0.2) is 6.07 Å². The molecule has 1 aromatic heterocycles. The lowest BCUT2D eigenvalue weighted by Gasteiger charge is -2.12. The van der Waals surface area contributed by atoms with Gasteiger partial charge in [0.1, 0.15) is 0 Å². The van der Waals surface area contributed by atoms with Crippen molar-refractivity contribution in [1.29, 1.82) is 0 Å². The first-order valence-electron chi connectivity index (χ1n) is 6.63. The zero-order chi connectivity index (χ0) is 14.3. The van der Waals surface area contributed by atoms with E-state index in [0.717, 1.165) is 18.5 Å². The smallest absolute Gasteiger partial charge is 0.277 e. The first-order chi connectivity index (χ1) is 9.50. The summed E-state index contributed by atoms with van der Waals surface area (Å²) in [5, 5.41) is 4.30. The van der Waals surface area contributed by atoms with Crippen molar-refractivity contribution in [2.24, 2.45) is 0 Å². The normalized spacial score (nSPS) is 24.8. The molecule has 1 aliphatic heterocycles. The number of nitrogens with zero attached hydrogens (tertiary/aromatic N) is 2. The van der Waals surface area contributed by atoms with Gasteiger partial charge in [-0.15, -0.1) is 0 Å². The summed E-state index contributed by atoms with van der Waals surface area (Å²) in [5.74, 6) is 0.296. The number of nitrogens with one attached hydrogen (secondary N) is 1. The fraction of sp³-hybridized carbons (Fsp3) is 0.667. The third-order valence-corrected chi connectivity index (χ3v) is 5.49. The number of hydrogen-bond donors (Lipinski definition) is 1. The molecule has 20 heavy (non-hydrogen) atoms. The standard InChI is InChI=1S/C12H17N3O4S/c1-19-14-12(16)10-6-11(8-2-3-8)15(13-10)9-4-5-20(17,18)7-9/h6,8-9H,2-5,7H2,1H3,(H,14,16). The van der Waals surface area contributed by atoms with Gasteiger partial charge in [0, 0.05) is 11.6 Å². The molecule has 110 valence electrons. The molecule has 8 heteroatoms. The Bertz CT molecular complexity index is 633. The third-order valence-electron chi connectivity index (χ3n) is 3.74. The van der Waals surface area contributed by atoms with Crippen LogP contribution in [0.1, 0.15) is 47.4 Å². The van der Waals surface area contributed by atoms with Gasteiger partial charge in [-0.3, -0.25) is 14.3 Å². The Labute approximate surface area is 117 Å². The molecular weight excluding hydrogens is 282 g/mol. The van der Waals surface area contributed by atoms with Gasteiger partial charge in [0.15, 0.2) is 15.5 Å². The average Bonchev–Trinajstić information content (AvgIpc) is 3.03. The topological polar surface area (TPSA) is 90.3 Å². The summed E-state index contributed by atoms with van der Waals surface area (Å²) < 4.78 is 25.0. The maximum atomic E-state index is 11.8. The van der Waals surface area contributed by atoms with Crippen LogP contribution < -0.4 is 5.48 Å². The Morgan fingerprint density at radius 1 is 1.45 bits per heavy atom. The molecule has 1 saturated carbocycles. The number of carbonyl (C=O) groups excluding carboxylic acids is 1. The molecule has 2 aliphatic rings. The molecule has 3 rings (SSSR count). The molecule has 1 amide bonds. The quantitative estimate of drug-likeness (QED) is 0.813. The van der Waals surface area contributed by atoms with Gasteiger partial charge in [-0.2, -0.15) is 5.10 Å². The molecular formula is C12H17N3O4S. The Hall–Kier alpha value is -1.41. The summed E-state index contributed by atoms with van der Waals surface area (Å²) in [5.41, 5.74) is 3.48. The molecule has 2 fully saturated rings. The lowest BCUT2D eigenvalue weighted by molar-refractivity contribution is 0.0531. The summed E-state index contributed by atoms with van der Waals surface area (Å²) in [7, 11) is -1.61. The van der Waals surface area contributed by atoms with Crippen molar-refractivity contribution in [1.82, 2.24) is 15.3 Å². The van der Waals surface area contributed by atoms with Gasteiger partial charge < -0.3 is 0 Å². The largest absolute Gasteiger partial charge is 0.295 e. The lowest BCUT2D eigenvalue weighted by Crippen LogP contribution is -2.23. The molecule has 7 nitrogen and oxygen atoms in total. The van der Waals surface area contributed by atoms with E-state index >= 15 is 0 Å². The van der Waals surface area contributed by atoms with Crippen LogP contribution in [0.3, 0.4) is 0 Å². The van der Waals surface area contributed by atoms with Gasteiger partial charge >= 0.3 is 0 Å². The average molecular weight is 299 g/mol. The summed E-state index contributed by atoms with van der Waals surface area (Å²) >= 11 is 0. The maximum absolute atomic E-state index is 11.8. The molecule has 1 saturated heterocycles. The monoisotopic (exact) mass is 299 g/mol. The highest BCUT2D eigenvalue weighted by Gasteiger charge is 2.36. The van der Waals surface area contributed by atoms with Crippen molar-refractivity contribution in [3.05, 3.63) is 17.5 Å². The van der Waals surface area contributed by atoms with E-state index in [1.165, 1.54) is 7.11 Å². The molecule has 0 spiro atoms. The molecule has 0 aromatic carbocycles. The minimum absolute atomic E-state index is 0.111. The van der Waals surface area contributed by atoms with Crippen LogP contribution in [-0.4, -0.2) is 42.7 Å².